The third-order valence-corrected chi connectivity index (χ3v) is 3.55. The van der Waals surface area contributed by atoms with Gasteiger partial charge in [0.25, 0.3) is 9.05 Å². The number of halogens is 5. The van der Waals surface area contributed by atoms with E-state index in [0.717, 1.165) is 6.07 Å². The van der Waals surface area contributed by atoms with E-state index in [2.05, 4.69) is 25.7 Å². The molecule has 1 rings (SSSR count). The predicted molar refractivity (Wildman–Crippen MR) is 51.7 cm³/mol. The first-order valence-electron chi connectivity index (χ1n) is 3.45. The van der Waals surface area contributed by atoms with Crippen molar-refractivity contribution in [1.29, 1.82) is 0 Å². The minimum absolute atomic E-state index is 0.170. The quantitative estimate of drug-likeness (QED) is 0.777. The SMILES string of the molecule is O=S(=O)(Cl)c1cnc(OC(F)(F)F)cc1Br. The zero-order chi connectivity index (χ0) is 12.6. The van der Waals surface area contributed by atoms with E-state index in [4.69, 9.17) is 10.7 Å². The molecule has 10 heteroatoms. The van der Waals surface area contributed by atoms with Crippen molar-refractivity contribution < 1.29 is 26.3 Å². The summed E-state index contributed by atoms with van der Waals surface area (Å²) in [4.78, 5) is 2.71. The summed E-state index contributed by atoms with van der Waals surface area (Å²) in [6.07, 6.45) is -4.23. The molecule has 0 saturated carbocycles. The standard InChI is InChI=1S/C6H2BrClF3NO3S/c7-3-1-5(15-6(9,10)11)12-2-4(3)16(8,13)14/h1-2H. The summed E-state index contributed by atoms with van der Waals surface area (Å²) >= 11 is 2.74. The number of aromatic nitrogens is 1. The number of hydrogen-bond donors (Lipinski definition) is 0. The molecule has 0 bridgehead atoms. The average Bonchev–Trinajstić information content (AvgIpc) is 1.97. The molecule has 0 unspecified atom stereocenters. The smallest absolute Gasteiger partial charge is 0.388 e. The van der Waals surface area contributed by atoms with Gasteiger partial charge in [-0.1, -0.05) is 0 Å². The van der Waals surface area contributed by atoms with Crippen LogP contribution in [0.15, 0.2) is 21.6 Å². The first-order chi connectivity index (χ1) is 7.09. The normalized spacial score (nSPS) is 12.6. The third-order valence-electron chi connectivity index (χ3n) is 1.28. The number of nitrogens with zero attached hydrogens (tertiary/aromatic N) is 1. The molecule has 0 radical (unpaired) electrons. The van der Waals surface area contributed by atoms with Crippen molar-refractivity contribution in [3.63, 3.8) is 0 Å². The lowest BCUT2D eigenvalue weighted by molar-refractivity contribution is -0.276. The van der Waals surface area contributed by atoms with E-state index >= 15 is 0 Å². The highest BCUT2D eigenvalue weighted by atomic mass is 79.9. The van der Waals surface area contributed by atoms with Crippen LogP contribution >= 0.6 is 26.6 Å². The molecule has 0 aromatic carbocycles. The molecular formula is C6H2BrClF3NO3S. The van der Waals surface area contributed by atoms with Crippen molar-refractivity contribution in [1.82, 2.24) is 4.98 Å². The van der Waals surface area contributed by atoms with Crippen LogP contribution in [-0.4, -0.2) is 19.8 Å². The second kappa shape index (κ2) is 4.38. The average molecular weight is 341 g/mol. The van der Waals surface area contributed by atoms with Crippen molar-refractivity contribution in [2.75, 3.05) is 0 Å². The molecule has 0 N–H and O–H groups in total. The zero-order valence-corrected chi connectivity index (χ0v) is 10.3. The maximum Gasteiger partial charge on any atom is 0.574 e. The molecular weight excluding hydrogens is 338 g/mol. The van der Waals surface area contributed by atoms with Crippen molar-refractivity contribution in [2.24, 2.45) is 0 Å². The summed E-state index contributed by atoms with van der Waals surface area (Å²) in [5, 5.41) is 0. The van der Waals surface area contributed by atoms with Gasteiger partial charge in [0.2, 0.25) is 5.88 Å². The highest BCUT2D eigenvalue weighted by Crippen LogP contribution is 2.29. The highest BCUT2D eigenvalue weighted by molar-refractivity contribution is 9.10. The lowest BCUT2D eigenvalue weighted by atomic mass is 10.5. The van der Waals surface area contributed by atoms with Crippen LogP contribution in [-0.2, 0) is 9.05 Å². The Morgan fingerprint density at radius 1 is 1.44 bits per heavy atom. The molecule has 0 spiro atoms. The molecule has 0 aliphatic rings. The van der Waals surface area contributed by atoms with Crippen LogP contribution < -0.4 is 4.74 Å². The predicted octanol–water partition coefficient (Wildman–Crippen LogP) is 2.67. The lowest BCUT2D eigenvalue weighted by Crippen LogP contribution is -2.18. The summed E-state index contributed by atoms with van der Waals surface area (Å²) in [6.45, 7) is 0. The Balaban J connectivity index is 3.10. The zero-order valence-electron chi connectivity index (χ0n) is 7.12. The van der Waals surface area contributed by atoms with Crippen LogP contribution in [0.3, 0.4) is 0 Å². The summed E-state index contributed by atoms with van der Waals surface area (Å²) in [5.74, 6) is -0.788. The van der Waals surface area contributed by atoms with Gasteiger partial charge >= 0.3 is 6.36 Å². The summed E-state index contributed by atoms with van der Waals surface area (Å²) < 4.78 is 60.4. The minimum atomic E-state index is -4.90. The van der Waals surface area contributed by atoms with Gasteiger partial charge in [-0.25, -0.2) is 13.4 Å². The van der Waals surface area contributed by atoms with Gasteiger partial charge in [0.05, 0.1) is 6.20 Å². The molecule has 0 fully saturated rings. The number of pyridine rings is 1. The second-order valence-corrected chi connectivity index (χ2v) is 5.83. The van der Waals surface area contributed by atoms with Gasteiger partial charge in [0, 0.05) is 21.2 Å². The van der Waals surface area contributed by atoms with Crippen LogP contribution in [0.2, 0.25) is 0 Å². The van der Waals surface area contributed by atoms with E-state index in [9.17, 15) is 21.6 Å². The lowest BCUT2D eigenvalue weighted by Gasteiger charge is -2.08. The van der Waals surface area contributed by atoms with Gasteiger partial charge in [0.15, 0.2) is 0 Å². The first-order valence-corrected chi connectivity index (χ1v) is 6.56. The van der Waals surface area contributed by atoms with Crippen LogP contribution in [0.5, 0.6) is 5.88 Å². The molecule has 0 saturated heterocycles. The topological polar surface area (TPSA) is 56.3 Å². The van der Waals surface area contributed by atoms with Crippen LogP contribution in [0.25, 0.3) is 0 Å². The molecule has 4 nitrogen and oxygen atoms in total. The maximum absolute atomic E-state index is 11.8. The Labute approximate surface area is 101 Å². The fraction of sp³-hybridized carbons (Fsp3) is 0.167. The summed E-state index contributed by atoms with van der Waals surface area (Å²) in [5.41, 5.74) is 0. The summed E-state index contributed by atoms with van der Waals surface area (Å²) in [7, 11) is 0.921. The van der Waals surface area contributed by atoms with Gasteiger partial charge in [-0.05, 0) is 15.9 Å². The Bertz CT molecular complexity index is 504. The maximum atomic E-state index is 11.8. The molecule has 16 heavy (non-hydrogen) atoms. The Kier molecular flexibility index (Phi) is 3.70. The molecule has 0 amide bonds. The Hall–Kier alpha value is -0.540. The van der Waals surface area contributed by atoms with Crippen LogP contribution in [0.1, 0.15) is 0 Å². The molecule has 1 heterocycles. The second-order valence-electron chi connectivity index (χ2n) is 2.44. The molecule has 0 aliphatic carbocycles. The minimum Gasteiger partial charge on any atom is -0.388 e. The van der Waals surface area contributed by atoms with Crippen molar-refractivity contribution in [2.45, 2.75) is 11.3 Å². The van der Waals surface area contributed by atoms with Crippen molar-refractivity contribution >= 4 is 35.7 Å². The third kappa shape index (κ3) is 3.80. The number of ether oxygens (including phenoxy) is 1. The Morgan fingerprint density at radius 2 is 2.00 bits per heavy atom. The molecule has 90 valence electrons. The van der Waals surface area contributed by atoms with Gasteiger partial charge in [-0.2, -0.15) is 0 Å². The Morgan fingerprint density at radius 3 is 2.38 bits per heavy atom. The molecule has 1 aromatic rings. The fourth-order valence-electron chi connectivity index (χ4n) is 0.755. The summed E-state index contributed by atoms with van der Waals surface area (Å²) in [6, 6.07) is 0.753. The molecule has 1 aromatic heterocycles. The number of hydrogen-bond acceptors (Lipinski definition) is 4. The van der Waals surface area contributed by atoms with E-state index in [1.165, 1.54) is 0 Å². The number of alkyl halides is 3. The van der Waals surface area contributed by atoms with Crippen LogP contribution in [0.4, 0.5) is 13.2 Å². The van der Waals surface area contributed by atoms with Gasteiger partial charge in [0.1, 0.15) is 4.90 Å². The number of rotatable bonds is 2. The van der Waals surface area contributed by atoms with E-state index in [1.807, 2.05) is 0 Å². The first kappa shape index (κ1) is 13.5. The monoisotopic (exact) mass is 339 g/mol. The van der Waals surface area contributed by atoms with E-state index in [0.29, 0.717) is 6.20 Å². The van der Waals surface area contributed by atoms with Gasteiger partial charge in [-0.3, -0.25) is 0 Å². The van der Waals surface area contributed by atoms with Crippen molar-refractivity contribution in [3.8, 4) is 5.88 Å². The molecule has 0 atom stereocenters. The van der Waals surface area contributed by atoms with Gasteiger partial charge < -0.3 is 4.74 Å². The van der Waals surface area contributed by atoms with Crippen molar-refractivity contribution in [3.05, 3.63) is 16.7 Å². The molecule has 0 aliphatic heterocycles. The van der Waals surface area contributed by atoms with E-state index in [-0.39, 0.29) is 4.47 Å². The van der Waals surface area contributed by atoms with E-state index in [1.54, 1.807) is 0 Å². The highest BCUT2D eigenvalue weighted by Gasteiger charge is 2.32. The van der Waals surface area contributed by atoms with E-state index < -0.39 is 26.2 Å². The van der Waals surface area contributed by atoms with Gasteiger partial charge in [-0.15, -0.1) is 13.2 Å². The van der Waals surface area contributed by atoms with Crippen LogP contribution in [0, 0.1) is 0 Å². The largest absolute Gasteiger partial charge is 0.574 e. The fourth-order valence-corrected chi connectivity index (χ4v) is 2.81.